The lowest BCUT2D eigenvalue weighted by Gasteiger charge is -2.23. The van der Waals surface area contributed by atoms with Crippen LogP contribution in [0.5, 0.6) is 0 Å². The Labute approximate surface area is 119 Å². The van der Waals surface area contributed by atoms with Gasteiger partial charge in [0.2, 0.25) is 5.91 Å². The van der Waals surface area contributed by atoms with Gasteiger partial charge in [0.1, 0.15) is 6.04 Å². The van der Waals surface area contributed by atoms with E-state index >= 15 is 0 Å². The first kappa shape index (κ1) is 16.2. The minimum absolute atomic E-state index is 0.246. The van der Waals surface area contributed by atoms with Crippen molar-refractivity contribution in [1.29, 1.82) is 0 Å². The number of ether oxygens (including phenoxy) is 1. The van der Waals surface area contributed by atoms with Crippen molar-refractivity contribution in [2.75, 3.05) is 20.7 Å². The first-order valence-corrected chi connectivity index (χ1v) is 6.51. The fourth-order valence-corrected chi connectivity index (χ4v) is 2.07. The van der Waals surface area contributed by atoms with E-state index in [0.29, 0.717) is 13.1 Å². The fourth-order valence-electron chi connectivity index (χ4n) is 2.07. The van der Waals surface area contributed by atoms with Crippen molar-refractivity contribution in [1.82, 2.24) is 10.2 Å². The van der Waals surface area contributed by atoms with Crippen LogP contribution in [0, 0.1) is 6.92 Å². The largest absolute Gasteiger partial charge is 0.467 e. The van der Waals surface area contributed by atoms with E-state index in [2.05, 4.69) is 11.4 Å². The van der Waals surface area contributed by atoms with E-state index in [4.69, 9.17) is 4.74 Å². The molecule has 1 N–H and O–H groups in total. The van der Waals surface area contributed by atoms with Crippen LogP contribution < -0.4 is 5.32 Å². The molecule has 1 unspecified atom stereocenters. The van der Waals surface area contributed by atoms with E-state index in [1.54, 1.807) is 0 Å². The third kappa shape index (κ3) is 5.40. The van der Waals surface area contributed by atoms with Crippen molar-refractivity contribution >= 4 is 11.9 Å². The molecular formula is C15H22N2O3. The Balaban J connectivity index is 2.63. The molecule has 0 bridgehead atoms. The Bertz CT molecular complexity index is 474. The molecule has 5 nitrogen and oxygen atoms in total. The molecule has 5 heteroatoms. The van der Waals surface area contributed by atoms with Crippen LogP contribution >= 0.6 is 0 Å². The van der Waals surface area contributed by atoms with Gasteiger partial charge in [-0.15, -0.1) is 0 Å². The summed E-state index contributed by atoms with van der Waals surface area (Å²) in [6, 6.07) is 7.53. The third-order valence-corrected chi connectivity index (χ3v) is 2.89. The SMILES string of the molecule is COC(=O)C(CN(C)Cc1cccc(C)c1)NC(C)=O. The zero-order valence-corrected chi connectivity index (χ0v) is 12.5. The molecule has 1 amide bonds. The monoisotopic (exact) mass is 278 g/mol. The van der Waals surface area contributed by atoms with Gasteiger partial charge in [-0.3, -0.25) is 9.69 Å². The van der Waals surface area contributed by atoms with Gasteiger partial charge < -0.3 is 10.1 Å². The van der Waals surface area contributed by atoms with Gasteiger partial charge in [-0.05, 0) is 19.5 Å². The molecule has 0 radical (unpaired) electrons. The molecule has 0 saturated carbocycles. The first-order valence-electron chi connectivity index (χ1n) is 6.51. The van der Waals surface area contributed by atoms with Gasteiger partial charge in [0, 0.05) is 20.0 Å². The van der Waals surface area contributed by atoms with Gasteiger partial charge in [-0.25, -0.2) is 4.79 Å². The summed E-state index contributed by atoms with van der Waals surface area (Å²) in [7, 11) is 3.22. The standard InChI is InChI=1S/C15H22N2O3/c1-11-6-5-7-13(8-11)9-17(3)10-14(15(19)20-4)16-12(2)18/h5-8,14H,9-10H2,1-4H3,(H,16,18). The van der Waals surface area contributed by atoms with Crippen molar-refractivity contribution in [2.45, 2.75) is 26.4 Å². The molecule has 1 rings (SSSR count). The second-order valence-electron chi connectivity index (χ2n) is 4.96. The summed E-state index contributed by atoms with van der Waals surface area (Å²) in [6.45, 7) is 4.53. The minimum atomic E-state index is -0.646. The van der Waals surface area contributed by atoms with E-state index < -0.39 is 12.0 Å². The second-order valence-corrected chi connectivity index (χ2v) is 4.96. The lowest BCUT2D eigenvalue weighted by atomic mass is 10.1. The van der Waals surface area contributed by atoms with E-state index in [0.717, 1.165) is 0 Å². The van der Waals surface area contributed by atoms with Gasteiger partial charge in [0.15, 0.2) is 0 Å². The number of rotatable bonds is 6. The predicted molar refractivity (Wildman–Crippen MR) is 77.1 cm³/mol. The molecule has 0 aromatic heterocycles. The number of benzene rings is 1. The lowest BCUT2D eigenvalue weighted by Crippen LogP contribution is -2.47. The van der Waals surface area contributed by atoms with Crippen LogP contribution in [0.2, 0.25) is 0 Å². The molecule has 110 valence electrons. The Morgan fingerprint density at radius 2 is 2.10 bits per heavy atom. The highest BCUT2D eigenvalue weighted by Gasteiger charge is 2.21. The van der Waals surface area contributed by atoms with E-state index in [1.807, 2.05) is 37.1 Å². The summed E-state index contributed by atoms with van der Waals surface area (Å²) in [5.74, 6) is -0.680. The number of likely N-dealkylation sites (N-methyl/N-ethyl adjacent to an activating group) is 1. The van der Waals surface area contributed by atoms with Crippen molar-refractivity contribution in [3.8, 4) is 0 Å². The molecule has 20 heavy (non-hydrogen) atoms. The van der Waals surface area contributed by atoms with Gasteiger partial charge in [-0.2, -0.15) is 0 Å². The van der Waals surface area contributed by atoms with Crippen LogP contribution in [0.4, 0.5) is 0 Å². The maximum Gasteiger partial charge on any atom is 0.329 e. The van der Waals surface area contributed by atoms with Crippen molar-refractivity contribution in [3.05, 3.63) is 35.4 Å². The van der Waals surface area contributed by atoms with Crippen LogP contribution in [0.15, 0.2) is 24.3 Å². The maximum absolute atomic E-state index is 11.6. The number of carbonyl (C=O) groups excluding carboxylic acids is 2. The van der Waals surface area contributed by atoms with Crippen LogP contribution in [0.3, 0.4) is 0 Å². The molecule has 0 saturated heterocycles. The Kier molecular flexibility index (Phi) is 6.18. The van der Waals surface area contributed by atoms with Crippen LogP contribution in [0.1, 0.15) is 18.1 Å². The van der Waals surface area contributed by atoms with Crippen molar-refractivity contribution in [2.24, 2.45) is 0 Å². The number of carbonyl (C=O) groups is 2. The Morgan fingerprint density at radius 1 is 1.40 bits per heavy atom. The highest BCUT2D eigenvalue weighted by Crippen LogP contribution is 2.07. The molecule has 0 fully saturated rings. The zero-order valence-electron chi connectivity index (χ0n) is 12.5. The van der Waals surface area contributed by atoms with Gasteiger partial charge in [-0.1, -0.05) is 29.8 Å². The van der Waals surface area contributed by atoms with Crippen LogP contribution in [0.25, 0.3) is 0 Å². The molecule has 1 aromatic carbocycles. The lowest BCUT2D eigenvalue weighted by molar-refractivity contribution is -0.145. The quantitative estimate of drug-likeness (QED) is 0.792. The molecule has 0 aliphatic heterocycles. The van der Waals surface area contributed by atoms with Crippen molar-refractivity contribution in [3.63, 3.8) is 0 Å². The number of esters is 1. The molecule has 0 spiro atoms. The average molecular weight is 278 g/mol. The number of hydrogen-bond donors (Lipinski definition) is 1. The van der Waals surface area contributed by atoms with E-state index in [9.17, 15) is 9.59 Å². The van der Waals surface area contributed by atoms with E-state index in [-0.39, 0.29) is 5.91 Å². The summed E-state index contributed by atoms with van der Waals surface area (Å²) in [5, 5.41) is 2.60. The summed E-state index contributed by atoms with van der Waals surface area (Å²) in [6.07, 6.45) is 0. The second kappa shape index (κ2) is 7.65. The zero-order chi connectivity index (χ0) is 15.1. The van der Waals surface area contributed by atoms with Gasteiger partial charge in [0.25, 0.3) is 0 Å². The average Bonchev–Trinajstić information content (AvgIpc) is 2.36. The number of methoxy groups -OCH3 is 1. The topological polar surface area (TPSA) is 58.6 Å². The highest BCUT2D eigenvalue weighted by atomic mass is 16.5. The molecule has 1 atom stereocenters. The Morgan fingerprint density at radius 3 is 2.65 bits per heavy atom. The first-order chi connectivity index (χ1) is 9.42. The number of amides is 1. The molecule has 1 aromatic rings. The molecule has 0 aliphatic carbocycles. The normalized spacial score (nSPS) is 12.1. The molecule has 0 heterocycles. The molecule has 0 aliphatic rings. The van der Waals surface area contributed by atoms with Crippen LogP contribution in [-0.2, 0) is 20.9 Å². The Hall–Kier alpha value is -1.88. The van der Waals surface area contributed by atoms with Gasteiger partial charge >= 0.3 is 5.97 Å². The summed E-state index contributed by atoms with van der Waals surface area (Å²) in [5.41, 5.74) is 2.36. The third-order valence-electron chi connectivity index (χ3n) is 2.89. The number of hydrogen-bond acceptors (Lipinski definition) is 4. The van der Waals surface area contributed by atoms with Crippen molar-refractivity contribution < 1.29 is 14.3 Å². The number of nitrogens with zero attached hydrogens (tertiary/aromatic N) is 1. The molecular weight excluding hydrogens is 256 g/mol. The van der Waals surface area contributed by atoms with Gasteiger partial charge in [0.05, 0.1) is 7.11 Å². The number of aryl methyl sites for hydroxylation is 1. The number of nitrogens with one attached hydrogen (secondary N) is 1. The highest BCUT2D eigenvalue weighted by molar-refractivity contribution is 5.83. The summed E-state index contributed by atoms with van der Waals surface area (Å²) < 4.78 is 4.70. The smallest absolute Gasteiger partial charge is 0.329 e. The summed E-state index contributed by atoms with van der Waals surface area (Å²) in [4.78, 5) is 24.7. The fraction of sp³-hybridized carbons (Fsp3) is 0.467. The van der Waals surface area contributed by atoms with Crippen LogP contribution in [-0.4, -0.2) is 43.5 Å². The maximum atomic E-state index is 11.6. The predicted octanol–water partition coefficient (Wildman–Crippen LogP) is 1.10. The summed E-state index contributed by atoms with van der Waals surface area (Å²) >= 11 is 0. The van der Waals surface area contributed by atoms with E-state index in [1.165, 1.54) is 25.2 Å². The minimum Gasteiger partial charge on any atom is -0.467 e.